The van der Waals surface area contributed by atoms with Crippen LogP contribution in [0.1, 0.15) is 25.3 Å². The van der Waals surface area contributed by atoms with Gasteiger partial charge in [-0.05, 0) is 31.7 Å². The Morgan fingerprint density at radius 3 is 2.90 bits per heavy atom. The Hall–Kier alpha value is -1.39. The second kappa shape index (κ2) is 7.41. The number of carbonyl (C=O) groups is 1. The monoisotopic (exact) mass is 276 g/mol. The van der Waals surface area contributed by atoms with Gasteiger partial charge in [0.05, 0.1) is 12.1 Å². The van der Waals surface area contributed by atoms with Gasteiger partial charge in [-0.15, -0.1) is 0 Å². The Morgan fingerprint density at radius 2 is 2.20 bits per heavy atom. The van der Waals surface area contributed by atoms with E-state index in [1.807, 2.05) is 42.2 Å². The maximum Gasteiger partial charge on any atom is 0.239 e. The SMILES string of the molecule is CCOC1CCCN(C(=O)[C@H](N)Cc2ccccc2)C1. The van der Waals surface area contributed by atoms with Crippen LogP contribution in [0.4, 0.5) is 0 Å². The lowest BCUT2D eigenvalue weighted by Gasteiger charge is -2.34. The van der Waals surface area contributed by atoms with Crippen molar-refractivity contribution in [2.24, 2.45) is 5.73 Å². The van der Waals surface area contributed by atoms with Gasteiger partial charge in [-0.2, -0.15) is 0 Å². The number of hydrogen-bond acceptors (Lipinski definition) is 3. The van der Waals surface area contributed by atoms with Gasteiger partial charge in [-0.1, -0.05) is 30.3 Å². The quantitative estimate of drug-likeness (QED) is 0.888. The maximum atomic E-state index is 12.4. The number of likely N-dealkylation sites (tertiary alicyclic amines) is 1. The van der Waals surface area contributed by atoms with Gasteiger partial charge in [-0.3, -0.25) is 4.79 Å². The van der Waals surface area contributed by atoms with E-state index < -0.39 is 6.04 Å². The molecule has 1 saturated heterocycles. The van der Waals surface area contributed by atoms with Gasteiger partial charge >= 0.3 is 0 Å². The molecule has 0 bridgehead atoms. The van der Waals surface area contributed by atoms with E-state index in [0.717, 1.165) is 24.9 Å². The van der Waals surface area contributed by atoms with Crippen LogP contribution in [0.3, 0.4) is 0 Å². The van der Waals surface area contributed by atoms with E-state index in [2.05, 4.69) is 0 Å². The molecule has 1 aromatic carbocycles. The molecule has 0 aliphatic carbocycles. The Bertz CT molecular complexity index is 420. The van der Waals surface area contributed by atoms with Crippen LogP contribution in [0.5, 0.6) is 0 Å². The molecule has 1 aliphatic heterocycles. The number of hydrogen-bond donors (Lipinski definition) is 1. The zero-order chi connectivity index (χ0) is 14.4. The average Bonchev–Trinajstić information content (AvgIpc) is 2.48. The predicted molar refractivity (Wildman–Crippen MR) is 79.3 cm³/mol. The topological polar surface area (TPSA) is 55.6 Å². The highest BCUT2D eigenvalue weighted by molar-refractivity contribution is 5.82. The summed E-state index contributed by atoms with van der Waals surface area (Å²) in [6.07, 6.45) is 2.79. The van der Waals surface area contributed by atoms with Gasteiger partial charge < -0.3 is 15.4 Å². The first-order valence-electron chi connectivity index (χ1n) is 7.40. The van der Waals surface area contributed by atoms with E-state index in [1.54, 1.807) is 0 Å². The molecule has 20 heavy (non-hydrogen) atoms. The predicted octanol–water partition coefficient (Wildman–Crippen LogP) is 1.58. The van der Waals surface area contributed by atoms with Crippen molar-refractivity contribution in [3.8, 4) is 0 Å². The Kier molecular flexibility index (Phi) is 5.56. The van der Waals surface area contributed by atoms with Gasteiger partial charge in [0, 0.05) is 19.7 Å². The van der Waals surface area contributed by atoms with Crippen LogP contribution < -0.4 is 5.73 Å². The fraction of sp³-hybridized carbons (Fsp3) is 0.562. The van der Waals surface area contributed by atoms with Gasteiger partial charge in [0.1, 0.15) is 0 Å². The smallest absolute Gasteiger partial charge is 0.239 e. The van der Waals surface area contributed by atoms with E-state index in [9.17, 15) is 4.79 Å². The summed E-state index contributed by atoms with van der Waals surface area (Å²) in [5.74, 6) is 0.0401. The zero-order valence-corrected chi connectivity index (χ0v) is 12.1. The molecule has 4 heteroatoms. The molecule has 0 spiro atoms. The molecule has 0 saturated carbocycles. The van der Waals surface area contributed by atoms with E-state index >= 15 is 0 Å². The molecule has 1 unspecified atom stereocenters. The molecule has 1 fully saturated rings. The van der Waals surface area contributed by atoms with E-state index in [0.29, 0.717) is 19.6 Å². The molecule has 0 aromatic heterocycles. The molecule has 2 N–H and O–H groups in total. The Balaban J connectivity index is 1.89. The van der Waals surface area contributed by atoms with Crippen LogP contribution in [0.15, 0.2) is 30.3 Å². The molecule has 2 rings (SSSR count). The number of carbonyl (C=O) groups excluding carboxylic acids is 1. The van der Waals surface area contributed by atoms with Crippen molar-refractivity contribution in [2.75, 3.05) is 19.7 Å². The van der Waals surface area contributed by atoms with E-state index in [4.69, 9.17) is 10.5 Å². The van der Waals surface area contributed by atoms with Crippen LogP contribution in [0.2, 0.25) is 0 Å². The number of piperidine rings is 1. The Morgan fingerprint density at radius 1 is 1.45 bits per heavy atom. The summed E-state index contributed by atoms with van der Waals surface area (Å²) in [5, 5.41) is 0. The van der Waals surface area contributed by atoms with Crippen molar-refractivity contribution < 1.29 is 9.53 Å². The average molecular weight is 276 g/mol. The highest BCUT2D eigenvalue weighted by atomic mass is 16.5. The fourth-order valence-corrected chi connectivity index (χ4v) is 2.70. The van der Waals surface area contributed by atoms with Crippen LogP contribution in [-0.2, 0) is 16.0 Å². The second-order valence-electron chi connectivity index (χ2n) is 5.30. The summed E-state index contributed by atoms with van der Waals surface area (Å²) in [5.41, 5.74) is 7.17. The summed E-state index contributed by atoms with van der Waals surface area (Å²) >= 11 is 0. The number of amides is 1. The normalized spacial score (nSPS) is 20.7. The molecule has 1 aliphatic rings. The van der Waals surface area contributed by atoms with Crippen LogP contribution >= 0.6 is 0 Å². The molecule has 110 valence electrons. The molecule has 1 aromatic rings. The minimum Gasteiger partial charge on any atom is -0.377 e. The van der Waals surface area contributed by atoms with Gasteiger partial charge in [0.2, 0.25) is 5.91 Å². The third-order valence-electron chi connectivity index (χ3n) is 3.71. The first kappa shape index (κ1) is 15.0. The summed E-state index contributed by atoms with van der Waals surface area (Å²) < 4.78 is 5.63. The molecular formula is C16H24N2O2. The lowest BCUT2D eigenvalue weighted by Crippen LogP contribution is -2.50. The van der Waals surface area contributed by atoms with Crippen molar-refractivity contribution in [2.45, 2.75) is 38.3 Å². The molecule has 0 radical (unpaired) electrons. The fourth-order valence-electron chi connectivity index (χ4n) is 2.70. The Labute approximate surface area is 120 Å². The summed E-state index contributed by atoms with van der Waals surface area (Å²) in [7, 11) is 0. The number of nitrogens with two attached hydrogens (primary N) is 1. The molecule has 4 nitrogen and oxygen atoms in total. The lowest BCUT2D eigenvalue weighted by molar-refractivity contribution is -0.136. The molecule has 1 heterocycles. The summed E-state index contributed by atoms with van der Waals surface area (Å²) in [6, 6.07) is 9.46. The van der Waals surface area contributed by atoms with Gasteiger partial charge in [-0.25, -0.2) is 0 Å². The maximum absolute atomic E-state index is 12.4. The zero-order valence-electron chi connectivity index (χ0n) is 12.1. The highest BCUT2D eigenvalue weighted by Gasteiger charge is 2.27. The van der Waals surface area contributed by atoms with Crippen molar-refractivity contribution in [1.29, 1.82) is 0 Å². The number of nitrogens with zero attached hydrogens (tertiary/aromatic N) is 1. The van der Waals surface area contributed by atoms with Gasteiger partial charge in [0.15, 0.2) is 0 Å². The van der Waals surface area contributed by atoms with E-state index in [1.165, 1.54) is 0 Å². The molecule has 2 atom stereocenters. The van der Waals surface area contributed by atoms with Gasteiger partial charge in [0.25, 0.3) is 0 Å². The first-order chi connectivity index (χ1) is 9.70. The van der Waals surface area contributed by atoms with Crippen molar-refractivity contribution in [1.82, 2.24) is 4.90 Å². The van der Waals surface area contributed by atoms with Crippen LogP contribution in [-0.4, -0.2) is 42.6 Å². The van der Waals surface area contributed by atoms with Crippen molar-refractivity contribution in [3.05, 3.63) is 35.9 Å². The highest BCUT2D eigenvalue weighted by Crippen LogP contribution is 2.15. The van der Waals surface area contributed by atoms with E-state index in [-0.39, 0.29) is 12.0 Å². The van der Waals surface area contributed by atoms with Crippen LogP contribution in [0.25, 0.3) is 0 Å². The number of rotatable bonds is 5. The minimum absolute atomic E-state index is 0.0401. The number of ether oxygens (including phenoxy) is 1. The summed E-state index contributed by atoms with van der Waals surface area (Å²) in [6.45, 7) is 4.16. The standard InChI is InChI=1S/C16H24N2O2/c1-2-20-14-9-6-10-18(12-14)16(19)15(17)11-13-7-4-3-5-8-13/h3-5,7-8,14-15H,2,6,9-12,17H2,1H3/t14?,15-/m1/s1. The first-order valence-corrected chi connectivity index (χ1v) is 7.40. The third-order valence-corrected chi connectivity index (χ3v) is 3.71. The summed E-state index contributed by atoms with van der Waals surface area (Å²) in [4.78, 5) is 14.3. The number of benzene rings is 1. The molecule has 1 amide bonds. The largest absolute Gasteiger partial charge is 0.377 e. The van der Waals surface area contributed by atoms with Crippen molar-refractivity contribution >= 4 is 5.91 Å². The van der Waals surface area contributed by atoms with Crippen LogP contribution in [0, 0.1) is 0 Å². The minimum atomic E-state index is -0.460. The lowest BCUT2D eigenvalue weighted by atomic mass is 10.0. The molecular weight excluding hydrogens is 252 g/mol. The third kappa shape index (κ3) is 4.05. The van der Waals surface area contributed by atoms with Crippen molar-refractivity contribution in [3.63, 3.8) is 0 Å². The second-order valence-corrected chi connectivity index (χ2v) is 5.30.